The standard InChI is InChI=1S/C9H9N3O/c10-7-2-3-9(13)8(6-7)12-5-1-4-11-12/h1-6,13H,10H2. The van der Waals surface area contributed by atoms with Gasteiger partial charge in [-0.25, -0.2) is 4.68 Å². The van der Waals surface area contributed by atoms with Crippen molar-refractivity contribution >= 4 is 5.69 Å². The minimum Gasteiger partial charge on any atom is -0.506 e. The number of phenols is 1. The first-order chi connectivity index (χ1) is 6.27. The van der Waals surface area contributed by atoms with Crippen molar-refractivity contribution in [3.8, 4) is 11.4 Å². The van der Waals surface area contributed by atoms with Gasteiger partial charge in [-0.2, -0.15) is 5.10 Å². The SMILES string of the molecule is Nc1ccc(O)c(-n2cccn2)c1. The van der Waals surface area contributed by atoms with Crippen LogP contribution >= 0.6 is 0 Å². The van der Waals surface area contributed by atoms with Crippen LogP contribution in [0.2, 0.25) is 0 Å². The summed E-state index contributed by atoms with van der Waals surface area (Å²) in [6.45, 7) is 0. The number of rotatable bonds is 1. The minimum absolute atomic E-state index is 0.165. The van der Waals surface area contributed by atoms with Crippen LogP contribution in [-0.2, 0) is 0 Å². The first-order valence-corrected chi connectivity index (χ1v) is 3.86. The highest BCUT2D eigenvalue weighted by Crippen LogP contribution is 2.22. The van der Waals surface area contributed by atoms with E-state index in [1.165, 1.54) is 0 Å². The highest BCUT2D eigenvalue weighted by atomic mass is 16.3. The van der Waals surface area contributed by atoms with Gasteiger partial charge in [0.05, 0.1) is 0 Å². The molecule has 3 N–H and O–H groups in total. The second-order valence-corrected chi connectivity index (χ2v) is 2.70. The van der Waals surface area contributed by atoms with Crippen LogP contribution in [0.3, 0.4) is 0 Å². The fourth-order valence-electron chi connectivity index (χ4n) is 1.14. The van der Waals surface area contributed by atoms with Crippen LogP contribution in [0.5, 0.6) is 5.75 Å². The molecule has 0 radical (unpaired) electrons. The van der Waals surface area contributed by atoms with Gasteiger partial charge in [-0.15, -0.1) is 0 Å². The normalized spacial score (nSPS) is 10.2. The fraction of sp³-hybridized carbons (Fsp3) is 0. The van der Waals surface area contributed by atoms with Gasteiger partial charge in [0.1, 0.15) is 11.4 Å². The molecule has 1 aromatic carbocycles. The molecule has 13 heavy (non-hydrogen) atoms. The molecule has 0 saturated carbocycles. The molecule has 0 atom stereocenters. The summed E-state index contributed by atoms with van der Waals surface area (Å²) in [6, 6.07) is 6.64. The van der Waals surface area contributed by atoms with Gasteiger partial charge in [-0.1, -0.05) is 0 Å². The smallest absolute Gasteiger partial charge is 0.141 e. The molecule has 1 aromatic heterocycles. The first kappa shape index (κ1) is 7.67. The average molecular weight is 175 g/mol. The molecule has 0 aliphatic heterocycles. The maximum absolute atomic E-state index is 9.49. The molecule has 2 rings (SSSR count). The molecule has 4 heteroatoms. The number of nitrogen functional groups attached to an aromatic ring is 1. The van der Waals surface area contributed by atoms with Crippen molar-refractivity contribution in [3.63, 3.8) is 0 Å². The number of hydrogen-bond donors (Lipinski definition) is 2. The maximum atomic E-state index is 9.49. The lowest BCUT2D eigenvalue weighted by Gasteiger charge is -2.04. The van der Waals surface area contributed by atoms with E-state index in [0.29, 0.717) is 11.4 Å². The van der Waals surface area contributed by atoms with Crippen LogP contribution < -0.4 is 5.73 Å². The third-order valence-corrected chi connectivity index (χ3v) is 1.75. The Balaban J connectivity index is 2.57. The van der Waals surface area contributed by atoms with Crippen molar-refractivity contribution in [2.75, 3.05) is 5.73 Å². The molecular formula is C9H9N3O. The predicted molar refractivity (Wildman–Crippen MR) is 49.6 cm³/mol. The van der Waals surface area contributed by atoms with E-state index < -0.39 is 0 Å². The lowest BCUT2D eigenvalue weighted by atomic mass is 10.2. The Morgan fingerprint density at radius 3 is 2.92 bits per heavy atom. The Morgan fingerprint density at radius 2 is 2.23 bits per heavy atom. The summed E-state index contributed by atoms with van der Waals surface area (Å²) >= 11 is 0. The van der Waals surface area contributed by atoms with Gasteiger partial charge >= 0.3 is 0 Å². The van der Waals surface area contributed by atoms with E-state index >= 15 is 0 Å². The molecule has 0 bridgehead atoms. The van der Waals surface area contributed by atoms with E-state index in [9.17, 15) is 5.11 Å². The maximum Gasteiger partial charge on any atom is 0.141 e. The van der Waals surface area contributed by atoms with Gasteiger partial charge in [0.15, 0.2) is 0 Å². The summed E-state index contributed by atoms with van der Waals surface area (Å²) in [6.07, 6.45) is 3.39. The van der Waals surface area contributed by atoms with Crippen LogP contribution in [0.25, 0.3) is 5.69 Å². The van der Waals surface area contributed by atoms with Gasteiger partial charge in [-0.3, -0.25) is 0 Å². The van der Waals surface area contributed by atoms with Crippen LogP contribution in [-0.4, -0.2) is 14.9 Å². The van der Waals surface area contributed by atoms with Gasteiger partial charge < -0.3 is 10.8 Å². The van der Waals surface area contributed by atoms with Crippen molar-refractivity contribution in [2.24, 2.45) is 0 Å². The molecule has 0 unspecified atom stereocenters. The highest BCUT2D eigenvalue weighted by Gasteiger charge is 2.02. The Hall–Kier alpha value is -1.97. The van der Waals surface area contributed by atoms with Crippen molar-refractivity contribution < 1.29 is 5.11 Å². The third-order valence-electron chi connectivity index (χ3n) is 1.75. The molecular weight excluding hydrogens is 166 g/mol. The van der Waals surface area contributed by atoms with Crippen LogP contribution in [0.15, 0.2) is 36.7 Å². The second-order valence-electron chi connectivity index (χ2n) is 2.70. The van der Waals surface area contributed by atoms with Crippen LogP contribution in [0.4, 0.5) is 5.69 Å². The summed E-state index contributed by atoms with van der Waals surface area (Å²) in [4.78, 5) is 0. The monoisotopic (exact) mass is 175 g/mol. The zero-order valence-corrected chi connectivity index (χ0v) is 6.88. The number of aromatic hydroxyl groups is 1. The van der Waals surface area contributed by atoms with Gasteiger partial charge in [0.25, 0.3) is 0 Å². The number of nitrogens with two attached hydrogens (primary N) is 1. The molecule has 0 amide bonds. The Labute approximate surface area is 75.2 Å². The van der Waals surface area contributed by atoms with Crippen molar-refractivity contribution in [2.45, 2.75) is 0 Å². The number of phenolic OH excluding ortho intramolecular Hbond substituents is 1. The highest BCUT2D eigenvalue weighted by molar-refractivity contribution is 5.55. The average Bonchev–Trinajstić information content (AvgIpc) is 2.61. The summed E-state index contributed by atoms with van der Waals surface area (Å²) < 4.78 is 1.56. The van der Waals surface area contributed by atoms with E-state index in [-0.39, 0.29) is 5.75 Å². The fourth-order valence-corrected chi connectivity index (χ4v) is 1.14. The lowest BCUT2D eigenvalue weighted by Crippen LogP contribution is -1.96. The molecule has 2 aromatic rings. The Morgan fingerprint density at radius 1 is 1.38 bits per heavy atom. The molecule has 0 fully saturated rings. The predicted octanol–water partition coefficient (Wildman–Crippen LogP) is 1.16. The Kier molecular flexibility index (Phi) is 1.66. The first-order valence-electron chi connectivity index (χ1n) is 3.86. The van der Waals surface area contributed by atoms with E-state index in [1.807, 2.05) is 0 Å². The summed E-state index contributed by atoms with van der Waals surface area (Å²) in [7, 11) is 0. The van der Waals surface area contributed by atoms with E-state index in [0.717, 1.165) is 0 Å². The molecule has 66 valence electrons. The quantitative estimate of drug-likeness (QED) is 0.505. The molecule has 0 spiro atoms. The summed E-state index contributed by atoms with van der Waals surface area (Å²) in [5.41, 5.74) is 6.77. The second kappa shape index (κ2) is 2.82. The molecule has 4 nitrogen and oxygen atoms in total. The number of nitrogens with zero attached hydrogens (tertiary/aromatic N) is 2. The summed E-state index contributed by atoms with van der Waals surface area (Å²) in [5, 5.41) is 13.5. The van der Waals surface area contributed by atoms with E-state index in [4.69, 9.17) is 5.73 Å². The topological polar surface area (TPSA) is 64.1 Å². The van der Waals surface area contributed by atoms with Gasteiger partial charge in [0.2, 0.25) is 0 Å². The molecule has 0 saturated heterocycles. The van der Waals surface area contributed by atoms with E-state index in [1.54, 1.807) is 41.3 Å². The summed E-state index contributed by atoms with van der Waals surface area (Å²) in [5.74, 6) is 0.165. The lowest BCUT2D eigenvalue weighted by molar-refractivity contribution is 0.470. The van der Waals surface area contributed by atoms with Crippen LogP contribution in [0.1, 0.15) is 0 Å². The van der Waals surface area contributed by atoms with Crippen molar-refractivity contribution in [1.29, 1.82) is 0 Å². The Bertz CT molecular complexity index is 409. The third kappa shape index (κ3) is 1.33. The van der Waals surface area contributed by atoms with Crippen molar-refractivity contribution in [3.05, 3.63) is 36.7 Å². The van der Waals surface area contributed by atoms with Gasteiger partial charge in [-0.05, 0) is 24.3 Å². The van der Waals surface area contributed by atoms with Gasteiger partial charge in [0, 0.05) is 18.1 Å². The molecule has 0 aliphatic carbocycles. The van der Waals surface area contributed by atoms with E-state index in [2.05, 4.69) is 5.10 Å². The zero-order valence-electron chi connectivity index (χ0n) is 6.88. The largest absolute Gasteiger partial charge is 0.506 e. The molecule has 1 heterocycles. The number of aromatic nitrogens is 2. The zero-order chi connectivity index (χ0) is 9.26. The number of benzene rings is 1. The number of anilines is 1. The minimum atomic E-state index is 0.165. The molecule has 0 aliphatic rings. The number of hydrogen-bond acceptors (Lipinski definition) is 3. The van der Waals surface area contributed by atoms with Crippen LogP contribution in [0, 0.1) is 0 Å². The van der Waals surface area contributed by atoms with Crippen molar-refractivity contribution in [1.82, 2.24) is 9.78 Å².